The predicted molar refractivity (Wildman–Crippen MR) is 127 cm³/mol. The van der Waals surface area contributed by atoms with E-state index in [9.17, 15) is 20.2 Å². The van der Waals surface area contributed by atoms with Gasteiger partial charge in [0, 0.05) is 24.3 Å². The third-order valence-electron chi connectivity index (χ3n) is 4.35. The zero-order chi connectivity index (χ0) is 23.8. The summed E-state index contributed by atoms with van der Waals surface area (Å²) < 4.78 is 12.3. The smallest absolute Gasteiger partial charge is 0.269 e. The largest absolute Gasteiger partial charge is 0.490 e. The highest BCUT2D eigenvalue weighted by Crippen LogP contribution is 2.37. The van der Waals surface area contributed by atoms with E-state index in [1.165, 1.54) is 24.3 Å². The number of nitrogens with zero attached hydrogens (tertiary/aromatic N) is 3. The van der Waals surface area contributed by atoms with Crippen molar-refractivity contribution in [2.45, 2.75) is 13.5 Å². The molecule has 3 aromatic carbocycles. The van der Waals surface area contributed by atoms with Gasteiger partial charge >= 0.3 is 0 Å². The molecule has 33 heavy (non-hydrogen) atoms. The molecule has 170 valence electrons. The van der Waals surface area contributed by atoms with Crippen molar-refractivity contribution < 1.29 is 19.3 Å². The lowest BCUT2D eigenvalue weighted by Crippen LogP contribution is -2.02. The molecule has 0 unspecified atom stereocenters. The van der Waals surface area contributed by atoms with Crippen LogP contribution < -0.4 is 14.9 Å². The van der Waals surface area contributed by atoms with Gasteiger partial charge in [-0.3, -0.25) is 25.7 Å². The molecule has 0 radical (unpaired) electrons. The molecule has 0 spiro atoms. The number of hydrazone groups is 1. The van der Waals surface area contributed by atoms with Crippen molar-refractivity contribution in [3.05, 3.63) is 96.5 Å². The maximum Gasteiger partial charge on any atom is 0.269 e. The Morgan fingerprint density at radius 1 is 0.970 bits per heavy atom. The number of nitro benzene ring substituents is 2. The Labute approximate surface area is 197 Å². The minimum absolute atomic E-state index is 0.000805. The molecule has 10 nitrogen and oxygen atoms in total. The van der Waals surface area contributed by atoms with E-state index in [0.717, 1.165) is 11.1 Å². The molecule has 3 rings (SSSR count). The maximum absolute atomic E-state index is 10.8. The summed E-state index contributed by atoms with van der Waals surface area (Å²) in [4.78, 5) is 20.6. The summed E-state index contributed by atoms with van der Waals surface area (Å²) in [5.74, 6) is 1.00. The molecule has 3 aromatic rings. The first kappa shape index (κ1) is 23.7. The third kappa shape index (κ3) is 6.50. The van der Waals surface area contributed by atoms with Gasteiger partial charge in [-0.05, 0) is 70.4 Å². The molecule has 0 bridgehead atoms. The molecule has 11 heteroatoms. The van der Waals surface area contributed by atoms with E-state index in [1.807, 2.05) is 6.92 Å². The summed E-state index contributed by atoms with van der Waals surface area (Å²) in [5.41, 5.74) is 4.93. The van der Waals surface area contributed by atoms with Gasteiger partial charge in [0.1, 0.15) is 6.61 Å². The number of nitro groups is 2. The van der Waals surface area contributed by atoms with Crippen LogP contribution in [-0.4, -0.2) is 22.7 Å². The van der Waals surface area contributed by atoms with Crippen LogP contribution in [0.3, 0.4) is 0 Å². The summed E-state index contributed by atoms with van der Waals surface area (Å²) >= 11 is 3.49. The molecule has 0 aromatic heterocycles. The Balaban J connectivity index is 1.71. The van der Waals surface area contributed by atoms with Crippen LogP contribution in [0.4, 0.5) is 17.1 Å². The van der Waals surface area contributed by atoms with Gasteiger partial charge in [0.15, 0.2) is 11.5 Å². The Hall–Kier alpha value is -3.99. The Kier molecular flexibility index (Phi) is 7.92. The second-order valence-electron chi connectivity index (χ2n) is 6.65. The zero-order valence-electron chi connectivity index (χ0n) is 17.4. The third-order valence-corrected chi connectivity index (χ3v) is 4.94. The molecular weight excluding hydrogens is 496 g/mol. The van der Waals surface area contributed by atoms with Crippen molar-refractivity contribution in [1.82, 2.24) is 0 Å². The van der Waals surface area contributed by atoms with E-state index >= 15 is 0 Å². The fourth-order valence-corrected chi connectivity index (χ4v) is 3.35. The molecule has 0 heterocycles. The van der Waals surface area contributed by atoms with Gasteiger partial charge in [-0.25, -0.2) is 0 Å². The number of nitrogens with one attached hydrogen (secondary N) is 1. The lowest BCUT2D eigenvalue weighted by molar-refractivity contribution is -0.385. The van der Waals surface area contributed by atoms with Gasteiger partial charge in [0.25, 0.3) is 11.4 Å². The molecule has 0 aliphatic carbocycles. The topological polar surface area (TPSA) is 129 Å². The molecule has 0 saturated carbocycles. The Morgan fingerprint density at radius 2 is 1.58 bits per heavy atom. The molecule has 0 atom stereocenters. The number of anilines is 1. The average Bonchev–Trinajstić information content (AvgIpc) is 2.79. The van der Waals surface area contributed by atoms with E-state index in [2.05, 4.69) is 26.5 Å². The summed E-state index contributed by atoms with van der Waals surface area (Å²) in [5, 5.41) is 25.7. The number of hydrogen-bond acceptors (Lipinski definition) is 8. The SMILES string of the molecule is CCOc1cc(/C=N/Nc2ccc([N+](=O)[O-])cc2)cc(Br)c1OCc1ccc([N+](=O)[O-])cc1. The van der Waals surface area contributed by atoms with Gasteiger partial charge in [-0.15, -0.1) is 0 Å². The quantitative estimate of drug-likeness (QED) is 0.209. The number of ether oxygens (including phenoxy) is 2. The van der Waals surface area contributed by atoms with Gasteiger partial charge in [0.2, 0.25) is 0 Å². The highest BCUT2D eigenvalue weighted by Gasteiger charge is 2.13. The summed E-state index contributed by atoms with van der Waals surface area (Å²) in [6.45, 7) is 2.47. The lowest BCUT2D eigenvalue weighted by Gasteiger charge is -2.14. The second-order valence-corrected chi connectivity index (χ2v) is 7.50. The van der Waals surface area contributed by atoms with Crippen molar-refractivity contribution in [3.63, 3.8) is 0 Å². The first-order valence-electron chi connectivity index (χ1n) is 9.73. The minimum Gasteiger partial charge on any atom is -0.490 e. The van der Waals surface area contributed by atoms with Crippen molar-refractivity contribution in [2.75, 3.05) is 12.0 Å². The van der Waals surface area contributed by atoms with E-state index in [-0.39, 0.29) is 18.0 Å². The lowest BCUT2D eigenvalue weighted by atomic mass is 10.2. The molecular formula is C22H19BrN4O6. The Morgan fingerprint density at radius 3 is 2.15 bits per heavy atom. The number of benzene rings is 3. The van der Waals surface area contributed by atoms with E-state index in [0.29, 0.717) is 28.3 Å². The minimum atomic E-state index is -0.467. The summed E-state index contributed by atoms with van der Waals surface area (Å²) in [6, 6.07) is 15.6. The van der Waals surface area contributed by atoms with Crippen molar-refractivity contribution >= 4 is 39.2 Å². The van der Waals surface area contributed by atoms with Gasteiger partial charge in [0.05, 0.1) is 32.8 Å². The van der Waals surface area contributed by atoms with E-state index in [4.69, 9.17) is 9.47 Å². The maximum atomic E-state index is 10.8. The van der Waals surface area contributed by atoms with Crippen LogP contribution in [0.25, 0.3) is 0 Å². The Bertz CT molecular complexity index is 1170. The van der Waals surface area contributed by atoms with Crippen molar-refractivity contribution in [1.29, 1.82) is 0 Å². The molecule has 0 saturated heterocycles. The van der Waals surface area contributed by atoms with E-state index in [1.54, 1.807) is 42.6 Å². The molecule has 0 aliphatic heterocycles. The van der Waals surface area contributed by atoms with Gasteiger partial charge in [-0.2, -0.15) is 5.10 Å². The zero-order valence-corrected chi connectivity index (χ0v) is 19.0. The predicted octanol–water partition coefficient (Wildman–Crippen LogP) is 5.69. The van der Waals surface area contributed by atoms with Crippen LogP contribution in [-0.2, 0) is 6.61 Å². The fourth-order valence-electron chi connectivity index (χ4n) is 2.77. The van der Waals surface area contributed by atoms with Gasteiger partial charge < -0.3 is 9.47 Å². The van der Waals surface area contributed by atoms with E-state index < -0.39 is 9.85 Å². The van der Waals surface area contributed by atoms with Crippen LogP contribution in [0.1, 0.15) is 18.1 Å². The average molecular weight is 515 g/mol. The molecule has 0 aliphatic rings. The normalized spacial score (nSPS) is 10.7. The highest BCUT2D eigenvalue weighted by molar-refractivity contribution is 9.10. The molecule has 1 N–H and O–H groups in total. The first-order valence-corrected chi connectivity index (χ1v) is 10.5. The van der Waals surface area contributed by atoms with Crippen LogP contribution >= 0.6 is 15.9 Å². The monoisotopic (exact) mass is 514 g/mol. The molecule has 0 fully saturated rings. The van der Waals surface area contributed by atoms with Gasteiger partial charge in [-0.1, -0.05) is 0 Å². The highest BCUT2D eigenvalue weighted by atomic mass is 79.9. The summed E-state index contributed by atoms with van der Waals surface area (Å²) in [6.07, 6.45) is 1.58. The number of halogens is 1. The first-order chi connectivity index (χ1) is 15.9. The number of rotatable bonds is 10. The van der Waals surface area contributed by atoms with Crippen LogP contribution in [0.2, 0.25) is 0 Å². The summed E-state index contributed by atoms with van der Waals surface area (Å²) in [7, 11) is 0. The standard InChI is InChI=1S/C22H19BrN4O6/c1-2-32-21-12-16(13-24-25-17-5-9-19(10-6-17)27(30)31)11-20(23)22(21)33-14-15-3-7-18(8-4-15)26(28)29/h3-13,25H,2,14H2,1H3/b24-13+. The number of hydrogen-bond donors (Lipinski definition) is 1. The van der Waals surface area contributed by atoms with Crippen LogP contribution in [0.5, 0.6) is 11.5 Å². The fraction of sp³-hybridized carbons (Fsp3) is 0.136. The number of non-ortho nitro benzene ring substituents is 2. The van der Waals surface area contributed by atoms with Crippen LogP contribution in [0.15, 0.2) is 70.2 Å². The molecule has 0 amide bonds. The van der Waals surface area contributed by atoms with Crippen molar-refractivity contribution in [2.24, 2.45) is 5.10 Å². The van der Waals surface area contributed by atoms with Crippen molar-refractivity contribution in [3.8, 4) is 11.5 Å². The second kappa shape index (κ2) is 11.0. The van der Waals surface area contributed by atoms with Crippen LogP contribution in [0, 0.1) is 20.2 Å².